The first kappa shape index (κ1) is 23.3. The number of aliphatic carboxylic acids is 1. The van der Waals surface area contributed by atoms with Crippen molar-refractivity contribution < 1.29 is 29.0 Å². The normalized spacial score (nSPS) is 19.4. The monoisotopic (exact) mass is 488 g/mol. The Morgan fingerprint density at radius 2 is 1.85 bits per heavy atom. The molecule has 6 nitrogen and oxygen atoms in total. The van der Waals surface area contributed by atoms with E-state index in [0.717, 1.165) is 22.3 Å². The average molecular weight is 489 g/mol. The first-order valence-electron chi connectivity index (χ1n) is 10.4. The fourth-order valence-electron chi connectivity index (χ4n) is 4.50. The first-order chi connectivity index (χ1) is 15.5. The van der Waals surface area contributed by atoms with Crippen LogP contribution in [0.2, 0.25) is 10.0 Å². The summed E-state index contributed by atoms with van der Waals surface area (Å²) in [5, 5.41) is 9.48. The maximum Gasteiger partial charge on any atom is 0.347 e. The van der Waals surface area contributed by atoms with Crippen molar-refractivity contribution >= 4 is 46.5 Å². The molecular formula is C25H22Cl2O6. The molecule has 0 spiro atoms. The smallest absolute Gasteiger partial charge is 0.347 e. The maximum atomic E-state index is 12.3. The van der Waals surface area contributed by atoms with Gasteiger partial charge in [0, 0.05) is 17.4 Å². The molecule has 0 heterocycles. The highest BCUT2D eigenvalue weighted by Crippen LogP contribution is 2.57. The number of ether oxygens (including phenoxy) is 2. The number of carboxylic acids is 1. The highest BCUT2D eigenvalue weighted by molar-refractivity contribution is 6.44. The van der Waals surface area contributed by atoms with Crippen LogP contribution in [-0.4, -0.2) is 35.0 Å². The summed E-state index contributed by atoms with van der Waals surface area (Å²) in [6.45, 7) is 2.01. The Morgan fingerprint density at radius 3 is 2.52 bits per heavy atom. The van der Waals surface area contributed by atoms with E-state index in [9.17, 15) is 14.4 Å². The average Bonchev–Trinajstić information content (AvgIpc) is 3.10. The van der Waals surface area contributed by atoms with E-state index in [1.54, 1.807) is 12.1 Å². The number of carbonyl (C=O) groups is 3. The largest absolute Gasteiger partial charge is 0.480 e. The number of halogens is 2. The molecular weight excluding hydrogens is 467 g/mol. The number of ketones is 1. The predicted octanol–water partition coefficient (Wildman–Crippen LogP) is 5.02. The van der Waals surface area contributed by atoms with Gasteiger partial charge in [0.25, 0.3) is 0 Å². The van der Waals surface area contributed by atoms with Crippen LogP contribution in [0.25, 0.3) is 5.57 Å². The number of carbonyl (C=O) groups excluding carboxylic acids is 2. The van der Waals surface area contributed by atoms with Crippen LogP contribution in [0.5, 0.6) is 5.75 Å². The number of benzene rings is 2. The molecule has 0 saturated heterocycles. The van der Waals surface area contributed by atoms with E-state index in [-0.39, 0.29) is 21.6 Å². The molecule has 2 aliphatic carbocycles. The lowest BCUT2D eigenvalue weighted by Gasteiger charge is -2.34. The van der Waals surface area contributed by atoms with Gasteiger partial charge in [-0.15, -0.1) is 0 Å². The molecule has 2 aromatic rings. The summed E-state index contributed by atoms with van der Waals surface area (Å²) in [5.74, 6) is -1.89. The van der Waals surface area contributed by atoms with Crippen molar-refractivity contribution in [2.45, 2.75) is 44.1 Å². The number of esters is 1. The molecule has 0 fully saturated rings. The molecule has 1 atom stereocenters. The Kier molecular flexibility index (Phi) is 6.01. The molecule has 0 bridgehead atoms. The number of hydrogen-bond donors (Lipinski definition) is 1. The van der Waals surface area contributed by atoms with E-state index in [1.165, 1.54) is 13.8 Å². The lowest BCUT2D eigenvalue weighted by Crippen LogP contribution is -2.38. The van der Waals surface area contributed by atoms with Crippen LogP contribution in [-0.2, 0) is 31.0 Å². The Hall–Kier alpha value is -2.83. The molecule has 8 heteroatoms. The van der Waals surface area contributed by atoms with Crippen molar-refractivity contribution in [3.05, 3.63) is 69.2 Å². The third-order valence-corrected chi connectivity index (χ3v) is 7.04. The summed E-state index contributed by atoms with van der Waals surface area (Å²) in [6, 6.07) is 11.7. The van der Waals surface area contributed by atoms with Crippen molar-refractivity contribution in [2.24, 2.45) is 0 Å². The van der Waals surface area contributed by atoms with E-state index in [0.29, 0.717) is 19.3 Å². The van der Waals surface area contributed by atoms with Gasteiger partial charge in [-0.2, -0.15) is 0 Å². The topological polar surface area (TPSA) is 89.9 Å². The van der Waals surface area contributed by atoms with Gasteiger partial charge in [0.2, 0.25) is 5.60 Å². The van der Waals surface area contributed by atoms with Crippen LogP contribution < -0.4 is 4.74 Å². The predicted molar refractivity (Wildman–Crippen MR) is 124 cm³/mol. The molecule has 1 unspecified atom stereocenters. The fraction of sp³-hybridized carbons (Fsp3) is 0.320. The lowest BCUT2D eigenvalue weighted by molar-refractivity contribution is -0.175. The number of hydrogen-bond acceptors (Lipinski definition) is 5. The number of rotatable bonds is 6. The van der Waals surface area contributed by atoms with Gasteiger partial charge in [0.05, 0.1) is 5.02 Å². The van der Waals surface area contributed by atoms with Gasteiger partial charge in [-0.05, 0) is 55.5 Å². The molecule has 0 saturated carbocycles. The minimum absolute atomic E-state index is 0.0423. The zero-order valence-electron chi connectivity index (χ0n) is 18.1. The summed E-state index contributed by atoms with van der Waals surface area (Å²) in [6.07, 6.45) is 3.36. The first-order valence-corrected chi connectivity index (χ1v) is 11.2. The van der Waals surface area contributed by atoms with Crippen LogP contribution in [0, 0.1) is 0 Å². The molecule has 1 N–H and O–H groups in total. The molecule has 2 aliphatic rings. The SMILES string of the molecule is CC(C)(OC(=O)COc1cc2c(c(Cl)c1Cl)C1=CC(=O)CCC1(c1ccccc1)C2)C(=O)O. The summed E-state index contributed by atoms with van der Waals surface area (Å²) < 4.78 is 10.5. The second-order valence-corrected chi connectivity index (χ2v) is 9.52. The molecule has 4 rings (SSSR count). The quantitative estimate of drug-likeness (QED) is 0.574. The van der Waals surface area contributed by atoms with E-state index in [2.05, 4.69) is 0 Å². The van der Waals surface area contributed by atoms with Gasteiger partial charge in [0.1, 0.15) is 10.8 Å². The highest BCUT2D eigenvalue weighted by atomic mass is 35.5. The van der Waals surface area contributed by atoms with Gasteiger partial charge < -0.3 is 14.6 Å². The third kappa shape index (κ3) is 4.13. The van der Waals surface area contributed by atoms with E-state index in [4.69, 9.17) is 37.8 Å². The van der Waals surface area contributed by atoms with Crippen molar-refractivity contribution in [1.82, 2.24) is 0 Å². The van der Waals surface area contributed by atoms with Crippen molar-refractivity contribution in [3.63, 3.8) is 0 Å². The van der Waals surface area contributed by atoms with Gasteiger partial charge in [0.15, 0.2) is 12.4 Å². The van der Waals surface area contributed by atoms with Crippen molar-refractivity contribution in [3.8, 4) is 5.75 Å². The molecule has 0 radical (unpaired) electrons. The number of allylic oxidation sites excluding steroid dienone is 2. The van der Waals surface area contributed by atoms with Gasteiger partial charge in [-0.3, -0.25) is 4.79 Å². The highest BCUT2D eigenvalue weighted by Gasteiger charge is 2.47. The standard InChI is InChI=1S/C25H22Cl2O6/c1-24(2,23(30)31)33-19(29)13-32-18-10-14-12-25(15-6-4-3-5-7-15)9-8-16(28)11-17(25)20(14)22(27)21(18)26/h3-7,10-11H,8-9,12-13H2,1-2H3,(H,30,31). The second kappa shape index (κ2) is 8.50. The van der Waals surface area contributed by atoms with Crippen molar-refractivity contribution in [1.29, 1.82) is 0 Å². The van der Waals surface area contributed by atoms with Crippen molar-refractivity contribution in [2.75, 3.05) is 6.61 Å². The summed E-state index contributed by atoms with van der Waals surface area (Å²) >= 11 is 13.2. The maximum absolute atomic E-state index is 12.3. The fourth-order valence-corrected chi connectivity index (χ4v) is 5.02. The summed E-state index contributed by atoms with van der Waals surface area (Å²) in [7, 11) is 0. The minimum Gasteiger partial charge on any atom is -0.480 e. The number of fused-ring (bicyclic) bond motifs is 3. The van der Waals surface area contributed by atoms with E-state index < -0.39 is 29.6 Å². The van der Waals surface area contributed by atoms with Gasteiger partial charge in [-0.1, -0.05) is 53.5 Å². The Morgan fingerprint density at radius 1 is 1.15 bits per heavy atom. The summed E-state index contributed by atoms with van der Waals surface area (Å²) in [5.41, 5.74) is 1.45. The zero-order valence-corrected chi connectivity index (χ0v) is 19.6. The van der Waals surface area contributed by atoms with Gasteiger partial charge in [-0.25, -0.2) is 9.59 Å². The lowest BCUT2D eigenvalue weighted by atomic mass is 9.68. The van der Waals surface area contributed by atoms with E-state index >= 15 is 0 Å². The molecule has 0 aliphatic heterocycles. The van der Waals surface area contributed by atoms with Crippen LogP contribution in [0.4, 0.5) is 0 Å². The minimum atomic E-state index is -1.68. The molecule has 33 heavy (non-hydrogen) atoms. The second-order valence-electron chi connectivity index (χ2n) is 8.76. The van der Waals surface area contributed by atoms with Crippen LogP contribution in [0.3, 0.4) is 0 Å². The molecule has 0 aromatic heterocycles. The molecule has 172 valence electrons. The third-order valence-electron chi connectivity index (χ3n) is 6.19. The van der Waals surface area contributed by atoms with Crippen LogP contribution >= 0.6 is 23.2 Å². The molecule has 2 aromatic carbocycles. The van der Waals surface area contributed by atoms with E-state index in [1.807, 2.05) is 30.3 Å². The van der Waals surface area contributed by atoms with Crippen LogP contribution in [0.15, 0.2) is 42.5 Å². The Bertz CT molecular complexity index is 1190. The summed E-state index contributed by atoms with van der Waals surface area (Å²) in [4.78, 5) is 35.6. The zero-order chi connectivity index (χ0) is 24.0. The van der Waals surface area contributed by atoms with Gasteiger partial charge >= 0.3 is 11.9 Å². The Labute approximate surface area is 201 Å². The molecule has 0 amide bonds. The number of carboxylic acid groups (broad SMARTS) is 1. The Balaban J connectivity index is 1.67. The van der Waals surface area contributed by atoms with Crippen LogP contribution in [0.1, 0.15) is 43.4 Å².